The summed E-state index contributed by atoms with van der Waals surface area (Å²) in [5, 5.41) is 14.4. The standard InChI is InChI=1S/C22H19F2N3O3S/c1-13-20(22(29)26-17(11-28)19-8-4-10-31-19)27-9-3-7-18(21(27)25-13)30-12-14-15(23)5-2-6-16(14)24/h2-10,17,28H,11-12H2,1H3,(H,26,29)/t17-/m0/s1. The van der Waals surface area contributed by atoms with E-state index in [4.69, 9.17) is 4.74 Å². The summed E-state index contributed by atoms with van der Waals surface area (Å²) in [6.07, 6.45) is 1.65. The smallest absolute Gasteiger partial charge is 0.270 e. The van der Waals surface area contributed by atoms with E-state index in [0.29, 0.717) is 11.3 Å². The Kier molecular flexibility index (Phi) is 5.97. The highest BCUT2D eigenvalue weighted by Crippen LogP contribution is 2.25. The number of aromatic nitrogens is 2. The van der Waals surface area contributed by atoms with Gasteiger partial charge < -0.3 is 15.2 Å². The number of amides is 1. The first kappa shape index (κ1) is 21.0. The van der Waals surface area contributed by atoms with E-state index in [-0.39, 0.29) is 30.2 Å². The Balaban J connectivity index is 1.62. The van der Waals surface area contributed by atoms with Crippen molar-refractivity contribution in [1.29, 1.82) is 0 Å². The topological polar surface area (TPSA) is 75.9 Å². The van der Waals surface area contributed by atoms with Gasteiger partial charge in [-0.25, -0.2) is 13.8 Å². The molecular weight excluding hydrogens is 424 g/mol. The number of benzene rings is 1. The highest BCUT2D eigenvalue weighted by molar-refractivity contribution is 7.10. The maximum atomic E-state index is 13.9. The molecule has 1 amide bonds. The number of ether oxygens (including phenoxy) is 1. The molecule has 0 bridgehead atoms. The number of carbonyl (C=O) groups is 1. The maximum Gasteiger partial charge on any atom is 0.270 e. The Hall–Kier alpha value is -3.30. The van der Waals surface area contributed by atoms with E-state index in [1.54, 1.807) is 29.7 Å². The number of nitrogens with one attached hydrogen (secondary N) is 1. The molecule has 1 atom stereocenters. The van der Waals surface area contributed by atoms with Gasteiger partial charge in [-0.1, -0.05) is 12.1 Å². The number of halogens is 2. The van der Waals surface area contributed by atoms with Crippen molar-refractivity contribution in [2.24, 2.45) is 0 Å². The lowest BCUT2D eigenvalue weighted by Crippen LogP contribution is -2.31. The summed E-state index contributed by atoms with van der Waals surface area (Å²) in [5.41, 5.74) is 0.895. The second kappa shape index (κ2) is 8.83. The van der Waals surface area contributed by atoms with Crippen LogP contribution in [0.3, 0.4) is 0 Å². The second-order valence-electron chi connectivity index (χ2n) is 6.82. The SMILES string of the molecule is Cc1nc2c(OCc3c(F)cccc3F)cccn2c1C(=O)N[C@@H](CO)c1cccs1. The van der Waals surface area contributed by atoms with Gasteiger partial charge in [-0.3, -0.25) is 9.20 Å². The number of imidazole rings is 1. The molecule has 160 valence electrons. The third-order valence-corrected chi connectivity index (χ3v) is 5.80. The lowest BCUT2D eigenvalue weighted by atomic mass is 10.2. The predicted octanol–water partition coefficient (Wildman–Crippen LogP) is 4.02. The van der Waals surface area contributed by atoms with Crippen molar-refractivity contribution in [2.75, 3.05) is 6.61 Å². The van der Waals surface area contributed by atoms with Gasteiger partial charge in [0, 0.05) is 11.1 Å². The van der Waals surface area contributed by atoms with Crippen molar-refractivity contribution < 1.29 is 23.4 Å². The Morgan fingerprint density at radius 1 is 1.23 bits per heavy atom. The molecule has 0 fully saturated rings. The number of hydrogen-bond donors (Lipinski definition) is 2. The van der Waals surface area contributed by atoms with Crippen molar-refractivity contribution in [2.45, 2.75) is 19.6 Å². The molecule has 4 rings (SSSR count). The van der Waals surface area contributed by atoms with Crippen LogP contribution in [0.2, 0.25) is 0 Å². The molecule has 0 aliphatic rings. The van der Waals surface area contributed by atoms with Gasteiger partial charge in [-0.15, -0.1) is 11.3 Å². The summed E-state index contributed by atoms with van der Waals surface area (Å²) in [7, 11) is 0. The number of rotatable bonds is 7. The van der Waals surface area contributed by atoms with Crippen molar-refractivity contribution in [3.8, 4) is 5.75 Å². The highest BCUT2D eigenvalue weighted by atomic mass is 32.1. The second-order valence-corrected chi connectivity index (χ2v) is 7.80. The fourth-order valence-corrected chi connectivity index (χ4v) is 4.05. The van der Waals surface area contributed by atoms with Crippen LogP contribution in [-0.2, 0) is 6.61 Å². The molecule has 2 N–H and O–H groups in total. The molecule has 4 aromatic rings. The average molecular weight is 443 g/mol. The third kappa shape index (κ3) is 4.14. The molecule has 0 aliphatic heterocycles. The minimum atomic E-state index is -0.699. The zero-order valence-electron chi connectivity index (χ0n) is 16.5. The van der Waals surface area contributed by atoms with E-state index in [1.807, 2.05) is 17.5 Å². The number of aryl methyl sites for hydroxylation is 1. The van der Waals surface area contributed by atoms with Gasteiger partial charge >= 0.3 is 0 Å². The molecule has 3 heterocycles. The number of pyridine rings is 1. The van der Waals surface area contributed by atoms with E-state index in [0.717, 1.165) is 17.0 Å². The monoisotopic (exact) mass is 443 g/mol. The molecule has 31 heavy (non-hydrogen) atoms. The van der Waals surface area contributed by atoms with Gasteiger partial charge in [-0.2, -0.15) is 0 Å². The summed E-state index contributed by atoms with van der Waals surface area (Å²) >= 11 is 1.43. The number of hydrogen-bond acceptors (Lipinski definition) is 5. The average Bonchev–Trinajstić information content (AvgIpc) is 3.39. The van der Waals surface area contributed by atoms with Crippen molar-refractivity contribution in [3.63, 3.8) is 0 Å². The first-order valence-corrected chi connectivity index (χ1v) is 10.4. The summed E-state index contributed by atoms with van der Waals surface area (Å²) in [6, 6.07) is 10.0. The molecule has 3 aromatic heterocycles. The minimum Gasteiger partial charge on any atom is -0.485 e. The zero-order valence-corrected chi connectivity index (χ0v) is 17.3. The van der Waals surface area contributed by atoms with E-state index in [2.05, 4.69) is 10.3 Å². The van der Waals surface area contributed by atoms with Crippen LogP contribution in [0.1, 0.15) is 32.7 Å². The lowest BCUT2D eigenvalue weighted by molar-refractivity contribution is 0.0910. The Morgan fingerprint density at radius 2 is 2.00 bits per heavy atom. The van der Waals surface area contributed by atoms with Gasteiger partial charge in [-0.05, 0) is 42.6 Å². The van der Waals surface area contributed by atoms with E-state index in [9.17, 15) is 18.7 Å². The van der Waals surface area contributed by atoms with Crippen molar-refractivity contribution in [3.05, 3.63) is 87.5 Å². The fourth-order valence-electron chi connectivity index (χ4n) is 3.29. The first-order valence-electron chi connectivity index (χ1n) is 9.48. The van der Waals surface area contributed by atoms with Gasteiger partial charge in [0.25, 0.3) is 5.91 Å². The van der Waals surface area contributed by atoms with Gasteiger partial charge in [0.15, 0.2) is 11.4 Å². The largest absolute Gasteiger partial charge is 0.485 e. The summed E-state index contributed by atoms with van der Waals surface area (Å²) in [6.45, 7) is 1.11. The van der Waals surface area contributed by atoms with Crippen molar-refractivity contribution in [1.82, 2.24) is 14.7 Å². The summed E-state index contributed by atoms with van der Waals surface area (Å²) in [5.74, 6) is -1.52. The molecule has 0 saturated heterocycles. The van der Waals surface area contributed by atoms with Gasteiger partial charge in [0.05, 0.1) is 23.9 Å². The van der Waals surface area contributed by atoms with Crippen LogP contribution in [0.4, 0.5) is 8.78 Å². The fraction of sp³-hybridized carbons (Fsp3) is 0.182. The normalized spacial score (nSPS) is 12.1. The van der Waals surface area contributed by atoms with Crippen LogP contribution in [0.5, 0.6) is 5.75 Å². The summed E-state index contributed by atoms with van der Waals surface area (Å²) < 4.78 is 35.0. The van der Waals surface area contributed by atoms with Crippen LogP contribution in [0.15, 0.2) is 54.0 Å². The predicted molar refractivity (Wildman–Crippen MR) is 112 cm³/mol. The zero-order chi connectivity index (χ0) is 22.0. The van der Waals surface area contributed by atoms with Crippen LogP contribution in [-0.4, -0.2) is 27.0 Å². The van der Waals surface area contributed by atoms with Gasteiger partial charge in [0.1, 0.15) is 23.9 Å². The molecule has 0 unspecified atom stereocenters. The Labute approximate surface area is 180 Å². The molecule has 9 heteroatoms. The highest BCUT2D eigenvalue weighted by Gasteiger charge is 2.22. The third-order valence-electron chi connectivity index (χ3n) is 4.81. The molecule has 0 saturated carbocycles. The molecule has 0 spiro atoms. The number of carbonyl (C=O) groups excluding carboxylic acids is 1. The Bertz CT molecular complexity index is 1200. The van der Waals surface area contributed by atoms with Crippen molar-refractivity contribution >= 4 is 22.9 Å². The molecule has 0 radical (unpaired) electrons. The lowest BCUT2D eigenvalue weighted by Gasteiger charge is -2.15. The Morgan fingerprint density at radius 3 is 2.68 bits per heavy atom. The van der Waals surface area contributed by atoms with E-state index >= 15 is 0 Å². The van der Waals surface area contributed by atoms with Crippen LogP contribution >= 0.6 is 11.3 Å². The molecular formula is C22H19F2N3O3S. The molecule has 6 nitrogen and oxygen atoms in total. The number of nitrogens with zero attached hydrogens (tertiary/aromatic N) is 2. The van der Waals surface area contributed by atoms with E-state index in [1.165, 1.54) is 17.4 Å². The number of aliphatic hydroxyl groups excluding tert-OH is 1. The van der Waals surface area contributed by atoms with Crippen LogP contribution in [0.25, 0.3) is 5.65 Å². The molecule has 0 aliphatic carbocycles. The van der Waals surface area contributed by atoms with E-state index < -0.39 is 23.6 Å². The van der Waals surface area contributed by atoms with Gasteiger partial charge in [0.2, 0.25) is 0 Å². The van der Waals surface area contributed by atoms with Crippen LogP contribution in [0, 0.1) is 18.6 Å². The number of fused-ring (bicyclic) bond motifs is 1. The van der Waals surface area contributed by atoms with Crippen LogP contribution < -0.4 is 10.1 Å². The quantitative estimate of drug-likeness (QED) is 0.452. The molecule has 1 aromatic carbocycles. The maximum absolute atomic E-state index is 13.9. The number of aliphatic hydroxyl groups is 1. The summed E-state index contributed by atoms with van der Waals surface area (Å²) in [4.78, 5) is 18.2. The number of thiophene rings is 1. The minimum absolute atomic E-state index is 0.188. The first-order chi connectivity index (χ1) is 15.0.